The van der Waals surface area contributed by atoms with Crippen molar-refractivity contribution in [1.29, 1.82) is 0 Å². The summed E-state index contributed by atoms with van der Waals surface area (Å²) in [5, 5.41) is 8.62. The maximum atomic E-state index is 6.11. The number of fused-ring (bicyclic) bond motifs is 1. The third kappa shape index (κ3) is 2.70. The van der Waals surface area contributed by atoms with Gasteiger partial charge in [0.05, 0.1) is 11.6 Å². The zero-order valence-corrected chi connectivity index (χ0v) is 13.7. The zero-order chi connectivity index (χ0) is 16.4. The van der Waals surface area contributed by atoms with Crippen LogP contribution in [0.15, 0.2) is 54.6 Å². The van der Waals surface area contributed by atoms with Crippen LogP contribution < -0.4 is 0 Å². The third-order valence-electron chi connectivity index (χ3n) is 4.59. The molecule has 1 aliphatic heterocycles. The summed E-state index contributed by atoms with van der Waals surface area (Å²) in [5.74, 6) is 0.206. The van der Waals surface area contributed by atoms with Gasteiger partial charge in [-0.2, -0.15) is 0 Å². The van der Waals surface area contributed by atoms with Crippen LogP contribution in [0.1, 0.15) is 31.2 Å². The Balaban J connectivity index is 1.71. The lowest BCUT2D eigenvalue weighted by atomic mass is 9.92. The summed E-state index contributed by atoms with van der Waals surface area (Å²) in [6.07, 6.45) is 0.777. The summed E-state index contributed by atoms with van der Waals surface area (Å²) in [4.78, 5) is 0. The summed E-state index contributed by atoms with van der Waals surface area (Å²) in [6.45, 7) is 3.41. The van der Waals surface area contributed by atoms with E-state index in [1.165, 1.54) is 5.56 Å². The van der Waals surface area contributed by atoms with Crippen molar-refractivity contribution in [3.05, 3.63) is 60.2 Å². The second-order valence-corrected chi connectivity index (χ2v) is 6.02. The highest BCUT2D eigenvalue weighted by atomic mass is 16.5. The summed E-state index contributed by atoms with van der Waals surface area (Å²) < 4.78 is 14.1. The number of rotatable bonds is 5. The van der Waals surface area contributed by atoms with Crippen LogP contribution in [-0.4, -0.2) is 28.2 Å². The number of benzene rings is 2. The van der Waals surface area contributed by atoms with E-state index in [-0.39, 0.29) is 18.2 Å². The molecule has 5 nitrogen and oxygen atoms in total. The Morgan fingerprint density at radius 2 is 1.96 bits per heavy atom. The Hall–Kier alpha value is -2.24. The van der Waals surface area contributed by atoms with Crippen LogP contribution in [-0.2, 0) is 9.47 Å². The van der Waals surface area contributed by atoms with E-state index in [1.807, 2.05) is 41.9 Å². The van der Waals surface area contributed by atoms with E-state index in [9.17, 15) is 0 Å². The minimum atomic E-state index is -0.158. The van der Waals surface area contributed by atoms with E-state index >= 15 is 0 Å². The number of nitrogens with zero attached hydrogens (tertiary/aromatic N) is 3. The molecule has 1 aliphatic rings. The highest BCUT2D eigenvalue weighted by Gasteiger charge is 2.38. The van der Waals surface area contributed by atoms with Gasteiger partial charge in [0.15, 0.2) is 6.23 Å². The van der Waals surface area contributed by atoms with Crippen molar-refractivity contribution >= 4 is 11.0 Å². The first-order valence-electron chi connectivity index (χ1n) is 8.46. The van der Waals surface area contributed by atoms with Gasteiger partial charge in [-0.25, -0.2) is 4.68 Å². The zero-order valence-electron chi connectivity index (χ0n) is 13.7. The molecule has 0 bridgehead atoms. The molecule has 1 saturated heterocycles. The van der Waals surface area contributed by atoms with E-state index in [0.29, 0.717) is 13.2 Å². The van der Waals surface area contributed by atoms with Crippen molar-refractivity contribution in [2.45, 2.75) is 25.7 Å². The third-order valence-corrected chi connectivity index (χ3v) is 4.59. The highest BCUT2D eigenvalue weighted by molar-refractivity contribution is 5.73. The maximum Gasteiger partial charge on any atom is 0.158 e. The normalized spacial score (nSPS) is 22.0. The van der Waals surface area contributed by atoms with Crippen LogP contribution in [0, 0.1) is 5.92 Å². The average molecular weight is 323 g/mol. The minimum Gasteiger partial charge on any atom is -0.373 e. The van der Waals surface area contributed by atoms with Gasteiger partial charge in [0, 0.05) is 19.1 Å². The number of para-hydroxylation sites is 1. The second-order valence-electron chi connectivity index (χ2n) is 6.02. The van der Waals surface area contributed by atoms with Gasteiger partial charge in [0.2, 0.25) is 0 Å². The summed E-state index contributed by atoms with van der Waals surface area (Å²) >= 11 is 0. The molecule has 3 unspecified atom stereocenters. The van der Waals surface area contributed by atoms with Gasteiger partial charge in [-0.3, -0.25) is 0 Å². The minimum absolute atomic E-state index is 0.00772. The molecule has 3 aromatic rings. The second kappa shape index (κ2) is 6.71. The lowest BCUT2D eigenvalue weighted by Crippen LogP contribution is -2.24. The van der Waals surface area contributed by atoms with Crippen molar-refractivity contribution in [2.75, 3.05) is 13.2 Å². The monoisotopic (exact) mass is 323 g/mol. The van der Waals surface area contributed by atoms with Gasteiger partial charge in [-0.1, -0.05) is 47.7 Å². The molecule has 0 aliphatic carbocycles. The molecular formula is C19H21N3O2. The van der Waals surface area contributed by atoms with Crippen LogP contribution in [0.2, 0.25) is 0 Å². The molecule has 1 aromatic heterocycles. The fraction of sp³-hybridized carbons (Fsp3) is 0.368. The van der Waals surface area contributed by atoms with Crippen molar-refractivity contribution < 1.29 is 9.47 Å². The summed E-state index contributed by atoms with van der Waals surface area (Å²) in [5.41, 5.74) is 3.07. The van der Waals surface area contributed by atoms with Crippen LogP contribution in [0.3, 0.4) is 0 Å². The largest absolute Gasteiger partial charge is 0.373 e. The molecule has 124 valence electrons. The van der Waals surface area contributed by atoms with Gasteiger partial charge in [0.25, 0.3) is 0 Å². The van der Waals surface area contributed by atoms with Gasteiger partial charge in [-0.05, 0) is 31.0 Å². The van der Waals surface area contributed by atoms with E-state index in [4.69, 9.17) is 9.47 Å². The Morgan fingerprint density at radius 1 is 1.17 bits per heavy atom. The molecule has 3 atom stereocenters. The Kier molecular flexibility index (Phi) is 4.28. The van der Waals surface area contributed by atoms with Crippen molar-refractivity contribution in [1.82, 2.24) is 15.0 Å². The molecular weight excluding hydrogens is 302 g/mol. The topological polar surface area (TPSA) is 49.2 Å². The molecule has 0 radical (unpaired) electrons. The molecule has 0 amide bonds. The number of hydrogen-bond acceptors (Lipinski definition) is 4. The van der Waals surface area contributed by atoms with Gasteiger partial charge < -0.3 is 9.47 Å². The first kappa shape index (κ1) is 15.3. The van der Waals surface area contributed by atoms with Gasteiger partial charge in [0.1, 0.15) is 5.52 Å². The predicted molar refractivity (Wildman–Crippen MR) is 91.4 cm³/mol. The first-order valence-corrected chi connectivity index (χ1v) is 8.46. The predicted octanol–water partition coefficient (Wildman–Crippen LogP) is 3.74. The molecule has 2 aromatic carbocycles. The fourth-order valence-corrected chi connectivity index (χ4v) is 3.51. The van der Waals surface area contributed by atoms with Crippen molar-refractivity contribution in [3.8, 4) is 0 Å². The molecule has 1 fully saturated rings. The van der Waals surface area contributed by atoms with Gasteiger partial charge >= 0.3 is 0 Å². The molecule has 0 N–H and O–H groups in total. The smallest absolute Gasteiger partial charge is 0.158 e. The van der Waals surface area contributed by atoms with Crippen LogP contribution in [0.25, 0.3) is 11.0 Å². The first-order chi connectivity index (χ1) is 11.9. The van der Waals surface area contributed by atoms with Gasteiger partial charge in [-0.15, -0.1) is 5.10 Å². The lowest BCUT2D eigenvalue weighted by molar-refractivity contribution is -0.0469. The highest BCUT2D eigenvalue weighted by Crippen LogP contribution is 2.41. The summed E-state index contributed by atoms with van der Waals surface area (Å²) in [6, 6.07) is 18.4. The van der Waals surface area contributed by atoms with Crippen molar-refractivity contribution in [2.24, 2.45) is 5.92 Å². The number of ether oxygens (including phenoxy) is 2. The van der Waals surface area contributed by atoms with E-state index in [0.717, 1.165) is 17.5 Å². The van der Waals surface area contributed by atoms with Crippen LogP contribution in [0.5, 0.6) is 0 Å². The van der Waals surface area contributed by atoms with E-state index < -0.39 is 0 Å². The molecule has 5 heteroatoms. The Bertz CT molecular complexity index is 802. The van der Waals surface area contributed by atoms with Crippen LogP contribution in [0.4, 0.5) is 0 Å². The van der Waals surface area contributed by atoms with Crippen LogP contribution >= 0.6 is 0 Å². The van der Waals surface area contributed by atoms with Crippen molar-refractivity contribution in [3.63, 3.8) is 0 Å². The average Bonchev–Trinajstić information content (AvgIpc) is 3.27. The standard InChI is InChI=1S/C19H21N3O2/c1-2-23-18(14-8-4-3-5-9-14)15-12-13-24-19(15)22-17-11-7-6-10-16(17)20-21-22/h3-11,15,18-19H,2,12-13H2,1H3. The quantitative estimate of drug-likeness (QED) is 0.717. The Labute approximate surface area is 141 Å². The molecule has 4 rings (SSSR count). The molecule has 2 heterocycles. The Morgan fingerprint density at radius 3 is 2.79 bits per heavy atom. The fourth-order valence-electron chi connectivity index (χ4n) is 3.51. The van der Waals surface area contributed by atoms with E-state index in [2.05, 4.69) is 34.6 Å². The lowest BCUT2D eigenvalue weighted by Gasteiger charge is -2.28. The number of hydrogen-bond donors (Lipinski definition) is 0. The molecule has 0 spiro atoms. The number of aromatic nitrogens is 3. The molecule has 0 saturated carbocycles. The maximum absolute atomic E-state index is 6.11. The SMILES string of the molecule is CCOC(c1ccccc1)C1CCOC1n1nnc2ccccc21. The molecule has 24 heavy (non-hydrogen) atoms. The van der Waals surface area contributed by atoms with E-state index in [1.54, 1.807) is 0 Å². The summed E-state index contributed by atoms with van der Waals surface area (Å²) in [7, 11) is 0.